The van der Waals surface area contributed by atoms with Gasteiger partial charge in [-0.3, -0.25) is 9.59 Å². The zero-order valence-corrected chi connectivity index (χ0v) is 10.2. The highest BCUT2D eigenvalue weighted by molar-refractivity contribution is 5.80. The van der Waals surface area contributed by atoms with Crippen molar-refractivity contribution in [2.24, 2.45) is 17.8 Å². The summed E-state index contributed by atoms with van der Waals surface area (Å²) >= 11 is 0. The molecule has 96 valence electrons. The number of rotatable bonds is 2. The van der Waals surface area contributed by atoms with Crippen molar-refractivity contribution >= 4 is 11.9 Å². The fourth-order valence-electron chi connectivity index (χ4n) is 2.72. The molecule has 2 fully saturated rings. The molecule has 0 bridgehead atoms. The smallest absolute Gasteiger partial charge is 0.306 e. The van der Waals surface area contributed by atoms with Crippen molar-refractivity contribution in [1.29, 1.82) is 0 Å². The number of piperidine rings is 1. The van der Waals surface area contributed by atoms with E-state index in [-0.39, 0.29) is 17.7 Å². The minimum absolute atomic E-state index is 0.0800. The summed E-state index contributed by atoms with van der Waals surface area (Å²) in [4.78, 5) is 24.9. The van der Waals surface area contributed by atoms with Crippen molar-refractivity contribution in [3.05, 3.63) is 0 Å². The highest BCUT2D eigenvalue weighted by atomic mass is 16.4. The van der Waals surface area contributed by atoms with Crippen LogP contribution in [0.15, 0.2) is 0 Å². The summed E-state index contributed by atoms with van der Waals surface area (Å²) in [6.45, 7) is 4.95. The van der Waals surface area contributed by atoms with E-state index in [0.29, 0.717) is 31.8 Å². The first-order chi connectivity index (χ1) is 8.09. The van der Waals surface area contributed by atoms with Crippen molar-refractivity contribution in [2.45, 2.75) is 19.8 Å². The number of carbonyl (C=O) groups is 2. The highest BCUT2D eigenvalue weighted by Crippen LogP contribution is 2.23. The van der Waals surface area contributed by atoms with Gasteiger partial charge in [-0.25, -0.2) is 0 Å². The predicted octanol–water partition coefficient (Wildman–Crippen LogP) is 0.165. The molecule has 2 saturated heterocycles. The summed E-state index contributed by atoms with van der Waals surface area (Å²) in [5.74, 6) is -0.325. The zero-order chi connectivity index (χ0) is 12.4. The molecule has 2 rings (SSSR count). The molecular formula is C12H20N2O3. The Bertz CT molecular complexity index is 311. The number of carboxylic acids is 1. The van der Waals surface area contributed by atoms with Crippen LogP contribution in [0.4, 0.5) is 0 Å². The van der Waals surface area contributed by atoms with Crippen LogP contribution in [0.3, 0.4) is 0 Å². The Morgan fingerprint density at radius 2 is 1.88 bits per heavy atom. The van der Waals surface area contributed by atoms with Gasteiger partial charge >= 0.3 is 5.97 Å². The summed E-state index contributed by atoms with van der Waals surface area (Å²) in [6.07, 6.45) is 1.19. The van der Waals surface area contributed by atoms with E-state index >= 15 is 0 Å². The van der Waals surface area contributed by atoms with Crippen LogP contribution in [-0.4, -0.2) is 48.1 Å². The number of carboxylic acid groups (broad SMARTS) is 1. The Hall–Kier alpha value is -1.10. The van der Waals surface area contributed by atoms with Gasteiger partial charge in [0.2, 0.25) is 5.91 Å². The van der Waals surface area contributed by atoms with Gasteiger partial charge in [-0.1, -0.05) is 6.92 Å². The number of nitrogens with zero attached hydrogens (tertiary/aromatic N) is 1. The molecule has 5 heteroatoms. The van der Waals surface area contributed by atoms with E-state index in [1.807, 2.05) is 4.90 Å². The van der Waals surface area contributed by atoms with Crippen molar-refractivity contribution in [3.8, 4) is 0 Å². The Labute approximate surface area is 101 Å². The van der Waals surface area contributed by atoms with Gasteiger partial charge in [-0.05, 0) is 25.3 Å². The highest BCUT2D eigenvalue weighted by Gasteiger charge is 2.35. The molecule has 0 aromatic carbocycles. The number of hydrogen-bond acceptors (Lipinski definition) is 3. The quantitative estimate of drug-likeness (QED) is 0.721. The molecule has 5 nitrogen and oxygen atoms in total. The van der Waals surface area contributed by atoms with Crippen LogP contribution in [0.2, 0.25) is 0 Å². The molecule has 2 aliphatic heterocycles. The van der Waals surface area contributed by atoms with Gasteiger partial charge in [0.05, 0.1) is 11.8 Å². The number of nitrogens with one attached hydrogen (secondary N) is 1. The summed E-state index contributed by atoms with van der Waals surface area (Å²) < 4.78 is 0. The number of aliphatic carboxylic acids is 1. The molecule has 2 unspecified atom stereocenters. The van der Waals surface area contributed by atoms with Crippen molar-refractivity contribution < 1.29 is 14.7 Å². The summed E-state index contributed by atoms with van der Waals surface area (Å²) in [6, 6.07) is 0. The van der Waals surface area contributed by atoms with Gasteiger partial charge in [0.15, 0.2) is 0 Å². The van der Waals surface area contributed by atoms with Gasteiger partial charge in [-0.2, -0.15) is 0 Å². The predicted molar refractivity (Wildman–Crippen MR) is 62.5 cm³/mol. The zero-order valence-electron chi connectivity index (χ0n) is 10.2. The van der Waals surface area contributed by atoms with E-state index in [4.69, 9.17) is 5.11 Å². The van der Waals surface area contributed by atoms with Gasteiger partial charge in [0.1, 0.15) is 0 Å². The lowest BCUT2D eigenvalue weighted by Crippen LogP contribution is -2.44. The third kappa shape index (κ3) is 2.60. The van der Waals surface area contributed by atoms with Gasteiger partial charge in [0.25, 0.3) is 0 Å². The minimum Gasteiger partial charge on any atom is -0.481 e. The number of amides is 1. The van der Waals surface area contributed by atoms with E-state index in [9.17, 15) is 9.59 Å². The first-order valence-electron chi connectivity index (χ1n) is 6.32. The minimum atomic E-state index is -0.729. The van der Waals surface area contributed by atoms with Crippen LogP contribution in [0.5, 0.6) is 0 Å². The summed E-state index contributed by atoms with van der Waals surface area (Å²) in [5, 5.41) is 12.1. The van der Waals surface area contributed by atoms with Crippen LogP contribution in [0.25, 0.3) is 0 Å². The Kier molecular flexibility index (Phi) is 3.66. The maximum atomic E-state index is 12.2. The number of hydrogen-bond donors (Lipinski definition) is 2. The fourth-order valence-corrected chi connectivity index (χ4v) is 2.72. The van der Waals surface area contributed by atoms with E-state index < -0.39 is 5.97 Å². The van der Waals surface area contributed by atoms with E-state index in [0.717, 1.165) is 13.1 Å². The van der Waals surface area contributed by atoms with Crippen LogP contribution < -0.4 is 5.32 Å². The topological polar surface area (TPSA) is 69.6 Å². The lowest BCUT2D eigenvalue weighted by atomic mass is 9.93. The van der Waals surface area contributed by atoms with E-state index in [1.165, 1.54) is 0 Å². The van der Waals surface area contributed by atoms with E-state index in [1.54, 1.807) is 0 Å². The van der Waals surface area contributed by atoms with Crippen molar-refractivity contribution in [1.82, 2.24) is 10.2 Å². The monoisotopic (exact) mass is 240 g/mol. The lowest BCUT2D eigenvalue weighted by Gasteiger charge is -2.32. The summed E-state index contributed by atoms with van der Waals surface area (Å²) in [5.41, 5.74) is 0. The second-order valence-corrected chi connectivity index (χ2v) is 5.18. The number of likely N-dealkylation sites (tertiary alicyclic amines) is 1. The van der Waals surface area contributed by atoms with Crippen molar-refractivity contribution in [2.75, 3.05) is 26.2 Å². The van der Waals surface area contributed by atoms with Crippen LogP contribution in [0, 0.1) is 17.8 Å². The first-order valence-corrected chi connectivity index (χ1v) is 6.32. The molecule has 2 aliphatic rings. The fraction of sp³-hybridized carbons (Fsp3) is 0.833. The first kappa shape index (κ1) is 12.4. The molecular weight excluding hydrogens is 220 g/mol. The largest absolute Gasteiger partial charge is 0.481 e. The van der Waals surface area contributed by atoms with Gasteiger partial charge < -0.3 is 15.3 Å². The molecule has 17 heavy (non-hydrogen) atoms. The molecule has 0 aromatic rings. The maximum Gasteiger partial charge on any atom is 0.306 e. The van der Waals surface area contributed by atoms with Gasteiger partial charge in [-0.15, -0.1) is 0 Å². The lowest BCUT2D eigenvalue weighted by molar-refractivity contribution is -0.146. The molecule has 0 saturated carbocycles. The van der Waals surface area contributed by atoms with Crippen LogP contribution >= 0.6 is 0 Å². The number of carbonyl (C=O) groups excluding carboxylic acids is 1. The maximum absolute atomic E-state index is 12.2. The molecule has 0 radical (unpaired) electrons. The third-order valence-corrected chi connectivity index (χ3v) is 3.99. The third-order valence-electron chi connectivity index (χ3n) is 3.99. The molecule has 2 heterocycles. The van der Waals surface area contributed by atoms with Crippen LogP contribution in [-0.2, 0) is 9.59 Å². The standard InChI is InChI=1S/C12H20N2O3/c1-8-6-13-7-10(8)11(15)14-4-2-9(3-5-14)12(16)17/h8-10,13H,2-7H2,1H3,(H,16,17). The molecule has 0 aliphatic carbocycles. The molecule has 1 amide bonds. The normalized spacial score (nSPS) is 30.5. The molecule has 2 N–H and O–H groups in total. The average molecular weight is 240 g/mol. The Balaban J connectivity index is 1.88. The molecule has 0 aromatic heterocycles. The molecule has 0 spiro atoms. The second kappa shape index (κ2) is 5.04. The SMILES string of the molecule is CC1CNCC1C(=O)N1CCC(C(=O)O)CC1. The summed E-state index contributed by atoms with van der Waals surface area (Å²) in [7, 11) is 0. The van der Waals surface area contributed by atoms with Gasteiger partial charge in [0, 0.05) is 19.6 Å². The Morgan fingerprint density at radius 1 is 1.24 bits per heavy atom. The average Bonchev–Trinajstić information content (AvgIpc) is 2.74. The molecule has 2 atom stereocenters. The van der Waals surface area contributed by atoms with Crippen LogP contribution in [0.1, 0.15) is 19.8 Å². The Morgan fingerprint density at radius 3 is 2.35 bits per heavy atom. The van der Waals surface area contributed by atoms with E-state index in [2.05, 4.69) is 12.2 Å². The van der Waals surface area contributed by atoms with Crippen molar-refractivity contribution in [3.63, 3.8) is 0 Å². The second-order valence-electron chi connectivity index (χ2n) is 5.18.